The molecule has 0 saturated carbocycles. The third-order valence-corrected chi connectivity index (χ3v) is 4.91. The zero-order chi connectivity index (χ0) is 18.5. The van der Waals surface area contributed by atoms with Crippen LogP contribution in [-0.4, -0.2) is 34.4 Å². The van der Waals surface area contributed by atoms with Crippen molar-refractivity contribution in [2.24, 2.45) is 0 Å². The van der Waals surface area contributed by atoms with Crippen LogP contribution in [0, 0.1) is 0 Å². The number of ether oxygens (including phenoxy) is 1. The molecule has 1 aliphatic carbocycles. The van der Waals surface area contributed by atoms with Crippen LogP contribution in [0.5, 0.6) is 0 Å². The van der Waals surface area contributed by atoms with Crippen molar-refractivity contribution >= 4 is 17.3 Å². The highest BCUT2D eigenvalue weighted by molar-refractivity contribution is 6.27. The first-order valence-corrected chi connectivity index (χ1v) is 8.51. The van der Waals surface area contributed by atoms with E-state index in [9.17, 15) is 14.7 Å². The lowest BCUT2D eigenvalue weighted by Gasteiger charge is -2.44. The van der Waals surface area contributed by atoms with Gasteiger partial charge in [0.1, 0.15) is 11.7 Å². The predicted molar refractivity (Wildman–Crippen MR) is 97.2 cm³/mol. The van der Waals surface area contributed by atoms with E-state index in [0.29, 0.717) is 11.1 Å². The lowest BCUT2D eigenvalue weighted by atomic mass is 9.78. The predicted octanol–water partition coefficient (Wildman–Crippen LogP) is 2.97. The van der Waals surface area contributed by atoms with Gasteiger partial charge in [-0.3, -0.25) is 9.59 Å². The molecule has 2 atom stereocenters. The van der Waals surface area contributed by atoms with Crippen LogP contribution in [0.3, 0.4) is 0 Å². The number of carbonyl (C=O) groups is 2. The summed E-state index contributed by atoms with van der Waals surface area (Å²) in [5.74, 6) is -0.592. The van der Waals surface area contributed by atoms with E-state index in [1.54, 1.807) is 38.1 Å². The van der Waals surface area contributed by atoms with Crippen LogP contribution in [-0.2, 0) is 4.74 Å². The summed E-state index contributed by atoms with van der Waals surface area (Å²) in [7, 11) is 0. The summed E-state index contributed by atoms with van der Waals surface area (Å²) in [6.45, 7) is 3.42. The van der Waals surface area contributed by atoms with Gasteiger partial charge in [0, 0.05) is 16.8 Å². The van der Waals surface area contributed by atoms with Gasteiger partial charge in [-0.05, 0) is 26.0 Å². The molecule has 0 spiro atoms. The molecule has 5 heteroatoms. The largest absolute Gasteiger partial charge is 0.480 e. The quantitative estimate of drug-likeness (QED) is 0.872. The second-order valence-electron chi connectivity index (χ2n) is 7.09. The summed E-state index contributed by atoms with van der Waals surface area (Å²) < 4.78 is 5.82. The zero-order valence-electron chi connectivity index (χ0n) is 14.5. The average Bonchev–Trinajstić information content (AvgIpc) is 2.64. The van der Waals surface area contributed by atoms with Crippen LogP contribution in [0.2, 0.25) is 0 Å². The van der Waals surface area contributed by atoms with Crippen LogP contribution in [0.25, 0.3) is 0 Å². The molecule has 4 rings (SSSR count). The molecule has 0 aromatic heterocycles. The van der Waals surface area contributed by atoms with Crippen molar-refractivity contribution in [2.75, 3.05) is 5.32 Å². The number of aliphatic hydroxyl groups excluding tert-OH is 1. The molecule has 2 N–H and O–H groups in total. The second kappa shape index (κ2) is 5.81. The SMILES string of the molecule is CC1(C)OC2=C(C(=O)c3ccccc3C2=O)[C@@H](Nc2ccccc2)[C@H]1O. The van der Waals surface area contributed by atoms with Crippen molar-refractivity contribution < 1.29 is 19.4 Å². The number of Topliss-reactive ketones (excluding diaryl/α,β-unsaturated/α-hetero) is 2. The lowest BCUT2D eigenvalue weighted by molar-refractivity contribution is -0.0842. The number of fused-ring (bicyclic) bond motifs is 1. The van der Waals surface area contributed by atoms with Crippen LogP contribution in [0.4, 0.5) is 5.69 Å². The van der Waals surface area contributed by atoms with E-state index in [0.717, 1.165) is 5.69 Å². The highest BCUT2D eigenvalue weighted by Gasteiger charge is 2.50. The Balaban J connectivity index is 1.86. The van der Waals surface area contributed by atoms with Crippen molar-refractivity contribution in [3.8, 4) is 0 Å². The number of carbonyl (C=O) groups excluding carboxylic acids is 2. The maximum Gasteiger partial charge on any atom is 0.228 e. The molecular weight excluding hydrogens is 330 g/mol. The minimum atomic E-state index is -1.02. The smallest absolute Gasteiger partial charge is 0.228 e. The van der Waals surface area contributed by atoms with Gasteiger partial charge >= 0.3 is 0 Å². The van der Waals surface area contributed by atoms with Gasteiger partial charge in [-0.25, -0.2) is 0 Å². The fourth-order valence-corrected chi connectivity index (χ4v) is 3.50. The highest BCUT2D eigenvalue weighted by atomic mass is 16.5. The minimum Gasteiger partial charge on any atom is -0.480 e. The van der Waals surface area contributed by atoms with Gasteiger partial charge in [0.05, 0.1) is 11.6 Å². The van der Waals surface area contributed by atoms with Crippen molar-refractivity contribution in [3.05, 3.63) is 77.1 Å². The van der Waals surface area contributed by atoms with Gasteiger partial charge in [-0.15, -0.1) is 0 Å². The molecule has 0 amide bonds. The minimum absolute atomic E-state index is 0.0254. The molecule has 1 heterocycles. The molecule has 1 aliphatic heterocycles. The number of aliphatic hydroxyl groups is 1. The third kappa shape index (κ3) is 2.44. The summed E-state index contributed by atoms with van der Waals surface area (Å²) in [6.07, 6.45) is -1.01. The molecule has 2 aliphatic rings. The van der Waals surface area contributed by atoms with E-state index in [1.807, 2.05) is 30.3 Å². The molecule has 26 heavy (non-hydrogen) atoms. The Morgan fingerprint density at radius 2 is 1.50 bits per heavy atom. The Bertz CT molecular complexity index is 930. The van der Waals surface area contributed by atoms with Gasteiger partial charge in [-0.1, -0.05) is 42.5 Å². The van der Waals surface area contributed by atoms with Crippen LogP contribution in [0.1, 0.15) is 34.6 Å². The van der Waals surface area contributed by atoms with Crippen molar-refractivity contribution in [1.29, 1.82) is 0 Å². The van der Waals surface area contributed by atoms with Crippen LogP contribution < -0.4 is 5.32 Å². The summed E-state index contributed by atoms with van der Waals surface area (Å²) in [6, 6.07) is 15.2. The van der Waals surface area contributed by atoms with Crippen LogP contribution >= 0.6 is 0 Å². The number of nitrogens with one attached hydrogen (secondary N) is 1. The Kier molecular flexibility index (Phi) is 3.70. The number of ketones is 2. The van der Waals surface area contributed by atoms with E-state index in [4.69, 9.17) is 4.74 Å². The maximum atomic E-state index is 13.1. The summed E-state index contributed by atoms with van der Waals surface area (Å²) >= 11 is 0. The summed E-state index contributed by atoms with van der Waals surface area (Å²) in [5.41, 5.74) is 0.589. The number of anilines is 1. The topological polar surface area (TPSA) is 75.6 Å². The molecule has 2 aromatic carbocycles. The number of para-hydroxylation sites is 1. The van der Waals surface area contributed by atoms with Crippen molar-refractivity contribution in [1.82, 2.24) is 0 Å². The number of hydrogen-bond acceptors (Lipinski definition) is 5. The van der Waals surface area contributed by atoms with E-state index < -0.39 is 17.7 Å². The second-order valence-corrected chi connectivity index (χ2v) is 7.09. The Morgan fingerprint density at radius 3 is 2.15 bits per heavy atom. The first-order chi connectivity index (χ1) is 12.4. The average molecular weight is 349 g/mol. The monoisotopic (exact) mass is 349 g/mol. The molecular formula is C21H19NO4. The number of rotatable bonds is 2. The number of hydrogen-bond donors (Lipinski definition) is 2. The van der Waals surface area contributed by atoms with Gasteiger partial charge in [0.15, 0.2) is 11.5 Å². The van der Waals surface area contributed by atoms with E-state index >= 15 is 0 Å². The molecule has 5 nitrogen and oxygen atoms in total. The van der Waals surface area contributed by atoms with Crippen LogP contribution in [0.15, 0.2) is 65.9 Å². The standard InChI is InChI=1S/C21H19NO4/c1-21(2)20(25)16(22-12-8-4-3-5-9-12)15-17(23)13-10-6-7-11-14(13)18(24)19(15)26-21/h3-11,16,20,22,25H,1-2H3/t16-,20-/m1/s1. The Morgan fingerprint density at radius 1 is 0.923 bits per heavy atom. The molecule has 2 aromatic rings. The van der Waals surface area contributed by atoms with E-state index in [2.05, 4.69) is 5.32 Å². The van der Waals surface area contributed by atoms with E-state index in [1.165, 1.54) is 0 Å². The molecule has 0 fully saturated rings. The van der Waals surface area contributed by atoms with Gasteiger partial charge in [0.25, 0.3) is 0 Å². The van der Waals surface area contributed by atoms with Gasteiger partial charge in [-0.2, -0.15) is 0 Å². The first-order valence-electron chi connectivity index (χ1n) is 8.51. The maximum absolute atomic E-state index is 13.1. The van der Waals surface area contributed by atoms with Gasteiger partial charge < -0.3 is 15.2 Å². The zero-order valence-corrected chi connectivity index (χ0v) is 14.5. The normalized spacial score (nSPS) is 23.8. The van der Waals surface area contributed by atoms with Crippen molar-refractivity contribution in [2.45, 2.75) is 31.6 Å². The summed E-state index contributed by atoms with van der Waals surface area (Å²) in [4.78, 5) is 26.1. The number of benzene rings is 2. The lowest BCUT2D eigenvalue weighted by Crippen LogP contribution is -2.56. The summed E-state index contributed by atoms with van der Waals surface area (Å²) in [5, 5.41) is 14.1. The highest BCUT2D eigenvalue weighted by Crippen LogP contribution is 2.39. The Hall–Kier alpha value is -2.92. The molecule has 0 unspecified atom stereocenters. The molecule has 0 saturated heterocycles. The third-order valence-electron chi connectivity index (χ3n) is 4.91. The van der Waals surface area contributed by atoms with E-state index in [-0.39, 0.29) is 22.9 Å². The first kappa shape index (κ1) is 16.5. The molecule has 0 radical (unpaired) electrons. The fourth-order valence-electron chi connectivity index (χ4n) is 3.50. The fraction of sp³-hybridized carbons (Fsp3) is 0.238. The van der Waals surface area contributed by atoms with Gasteiger partial charge in [0.2, 0.25) is 5.78 Å². The van der Waals surface area contributed by atoms with Crippen molar-refractivity contribution in [3.63, 3.8) is 0 Å². The Labute approximate surface area is 151 Å². The number of allylic oxidation sites excluding steroid dienone is 1. The molecule has 132 valence electrons. The molecule has 0 bridgehead atoms.